The standard InChI is InChI=1S/C17H20ClN/c1-5-14-9-11(2)6-7-16(14)19-17-13(4)8-12(3)10-15(17)18/h6-10,19H,5H2,1-4H3. The van der Waals surface area contributed by atoms with E-state index < -0.39 is 0 Å². The molecule has 0 saturated heterocycles. The molecule has 0 unspecified atom stereocenters. The van der Waals surface area contributed by atoms with E-state index in [1.807, 2.05) is 6.07 Å². The van der Waals surface area contributed by atoms with Gasteiger partial charge in [-0.05, 0) is 56.0 Å². The summed E-state index contributed by atoms with van der Waals surface area (Å²) in [5.74, 6) is 0. The molecule has 19 heavy (non-hydrogen) atoms. The molecular formula is C17H20ClN. The van der Waals surface area contributed by atoms with E-state index >= 15 is 0 Å². The molecule has 0 aromatic heterocycles. The third-order valence-electron chi connectivity index (χ3n) is 3.33. The molecule has 0 aliphatic heterocycles. The van der Waals surface area contributed by atoms with Gasteiger partial charge in [-0.2, -0.15) is 0 Å². The molecule has 1 N–H and O–H groups in total. The van der Waals surface area contributed by atoms with E-state index in [0.29, 0.717) is 0 Å². The van der Waals surface area contributed by atoms with Crippen LogP contribution >= 0.6 is 11.6 Å². The molecule has 0 spiro atoms. The van der Waals surface area contributed by atoms with Crippen LogP contribution in [-0.4, -0.2) is 0 Å². The van der Waals surface area contributed by atoms with Crippen molar-refractivity contribution in [3.05, 3.63) is 57.6 Å². The van der Waals surface area contributed by atoms with Crippen molar-refractivity contribution in [2.24, 2.45) is 0 Å². The molecule has 0 aliphatic rings. The third kappa shape index (κ3) is 3.10. The minimum atomic E-state index is 0.778. The molecule has 0 fully saturated rings. The van der Waals surface area contributed by atoms with Gasteiger partial charge in [0.05, 0.1) is 10.7 Å². The second-order valence-corrected chi connectivity index (χ2v) is 5.48. The van der Waals surface area contributed by atoms with Crippen molar-refractivity contribution in [3.8, 4) is 0 Å². The summed E-state index contributed by atoms with van der Waals surface area (Å²) in [6.07, 6.45) is 1.01. The normalized spacial score (nSPS) is 10.6. The summed E-state index contributed by atoms with van der Waals surface area (Å²) in [4.78, 5) is 0. The molecule has 0 atom stereocenters. The summed E-state index contributed by atoms with van der Waals surface area (Å²) in [6, 6.07) is 10.6. The maximum absolute atomic E-state index is 6.35. The third-order valence-corrected chi connectivity index (χ3v) is 3.63. The van der Waals surface area contributed by atoms with Gasteiger partial charge in [-0.15, -0.1) is 0 Å². The maximum atomic E-state index is 6.35. The van der Waals surface area contributed by atoms with Gasteiger partial charge in [-0.3, -0.25) is 0 Å². The fraction of sp³-hybridized carbons (Fsp3) is 0.294. The maximum Gasteiger partial charge on any atom is 0.0646 e. The minimum Gasteiger partial charge on any atom is -0.354 e. The van der Waals surface area contributed by atoms with Gasteiger partial charge in [0.15, 0.2) is 0 Å². The monoisotopic (exact) mass is 273 g/mol. The highest BCUT2D eigenvalue weighted by Crippen LogP contribution is 2.31. The summed E-state index contributed by atoms with van der Waals surface area (Å²) in [7, 11) is 0. The number of rotatable bonds is 3. The van der Waals surface area contributed by atoms with E-state index in [-0.39, 0.29) is 0 Å². The van der Waals surface area contributed by atoms with Gasteiger partial charge < -0.3 is 5.32 Å². The molecule has 2 aromatic rings. The molecule has 0 amide bonds. The first-order chi connectivity index (χ1) is 9.01. The molecule has 2 aromatic carbocycles. The first-order valence-corrected chi connectivity index (χ1v) is 7.02. The average molecular weight is 274 g/mol. The molecule has 0 radical (unpaired) electrons. The number of anilines is 2. The lowest BCUT2D eigenvalue weighted by Gasteiger charge is -2.16. The van der Waals surface area contributed by atoms with Gasteiger partial charge in [-0.25, -0.2) is 0 Å². The van der Waals surface area contributed by atoms with E-state index in [1.54, 1.807) is 0 Å². The van der Waals surface area contributed by atoms with Crippen LogP contribution in [0.5, 0.6) is 0 Å². The predicted molar refractivity (Wildman–Crippen MR) is 84.8 cm³/mol. The van der Waals surface area contributed by atoms with Crippen LogP contribution < -0.4 is 5.32 Å². The molecule has 0 bridgehead atoms. The zero-order valence-electron chi connectivity index (χ0n) is 12.0. The Morgan fingerprint density at radius 3 is 2.37 bits per heavy atom. The molecule has 0 heterocycles. The average Bonchev–Trinajstić information content (AvgIpc) is 2.35. The number of halogens is 1. The van der Waals surface area contributed by atoms with Gasteiger partial charge in [0.1, 0.15) is 0 Å². The van der Waals surface area contributed by atoms with Crippen LogP contribution in [0.2, 0.25) is 5.02 Å². The number of hydrogen-bond donors (Lipinski definition) is 1. The zero-order chi connectivity index (χ0) is 14.0. The Balaban J connectivity index is 2.42. The molecule has 100 valence electrons. The van der Waals surface area contributed by atoms with Crippen LogP contribution in [0.3, 0.4) is 0 Å². The highest BCUT2D eigenvalue weighted by Gasteiger charge is 2.08. The number of aryl methyl sites for hydroxylation is 4. The Morgan fingerprint density at radius 1 is 1.00 bits per heavy atom. The van der Waals surface area contributed by atoms with Crippen molar-refractivity contribution in [1.29, 1.82) is 0 Å². The van der Waals surface area contributed by atoms with E-state index in [0.717, 1.165) is 22.8 Å². The highest BCUT2D eigenvalue weighted by atomic mass is 35.5. The first kappa shape index (κ1) is 14.0. The van der Waals surface area contributed by atoms with Gasteiger partial charge in [0, 0.05) is 5.69 Å². The van der Waals surface area contributed by atoms with Crippen molar-refractivity contribution in [2.75, 3.05) is 5.32 Å². The van der Waals surface area contributed by atoms with Gasteiger partial charge >= 0.3 is 0 Å². The Morgan fingerprint density at radius 2 is 1.74 bits per heavy atom. The molecule has 1 nitrogen and oxygen atoms in total. The van der Waals surface area contributed by atoms with Gasteiger partial charge in [0.2, 0.25) is 0 Å². The Hall–Kier alpha value is -1.47. The molecule has 0 saturated carbocycles. The van der Waals surface area contributed by atoms with E-state index in [2.05, 4.69) is 57.3 Å². The van der Waals surface area contributed by atoms with Crippen LogP contribution in [0.25, 0.3) is 0 Å². The number of hydrogen-bond acceptors (Lipinski definition) is 1. The Labute approximate surface area is 120 Å². The fourth-order valence-electron chi connectivity index (χ4n) is 2.35. The second kappa shape index (κ2) is 5.66. The molecule has 2 heteroatoms. The Bertz CT molecular complexity index is 579. The summed E-state index contributed by atoms with van der Waals surface area (Å²) < 4.78 is 0. The summed E-state index contributed by atoms with van der Waals surface area (Å²) in [5, 5.41) is 4.26. The summed E-state index contributed by atoms with van der Waals surface area (Å²) >= 11 is 6.35. The molecular weight excluding hydrogens is 254 g/mol. The van der Waals surface area contributed by atoms with E-state index in [9.17, 15) is 0 Å². The van der Waals surface area contributed by atoms with Crippen LogP contribution in [0.1, 0.15) is 29.2 Å². The largest absolute Gasteiger partial charge is 0.354 e. The first-order valence-electron chi connectivity index (χ1n) is 6.64. The van der Waals surface area contributed by atoms with Crippen molar-refractivity contribution < 1.29 is 0 Å². The van der Waals surface area contributed by atoms with Crippen LogP contribution in [0.15, 0.2) is 30.3 Å². The van der Waals surface area contributed by atoms with Gasteiger partial charge in [-0.1, -0.05) is 42.3 Å². The highest BCUT2D eigenvalue weighted by molar-refractivity contribution is 6.33. The second-order valence-electron chi connectivity index (χ2n) is 5.08. The lowest BCUT2D eigenvalue weighted by Crippen LogP contribution is -1.99. The van der Waals surface area contributed by atoms with E-state index in [1.165, 1.54) is 22.3 Å². The Kier molecular flexibility index (Phi) is 4.16. The predicted octanol–water partition coefficient (Wildman–Crippen LogP) is 5.57. The van der Waals surface area contributed by atoms with E-state index in [4.69, 9.17) is 11.6 Å². The lowest BCUT2D eigenvalue weighted by molar-refractivity contribution is 1.13. The van der Waals surface area contributed by atoms with Crippen molar-refractivity contribution in [3.63, 3.8) is 0 Å². The lowest BCUT2D eigenvalue weighted by atomic mass is 10.1. The summed E-state index contributed by atoms with van der Waals surface area (Å²) in [5.41, 5.74) is 7.11. The zero-order valence-corrected chi connectivity index (χ0v) is 12.7. The van der Waals surface area contributed by atoms with Crippen LogP contribution in [-0.2, 0) is 6.42 Å². The van der Waals surface area contributed by atoms with Crippen molar-refractivity contribution in [2.45, 2.75) is 34.1 Å². The summed E-state index contributed by atoms with van der Waals surface area (Å²) in [6.45, 7) is 8.43. The number of benzene rings is 2. The van der Waals surface area contributed by atoms with Crippen LogP contribution in [0.4, 0.5) is 11.4 Å². The van der Waals surface area contributed by atoms with Crippen molar-refractivity contribution >= 4 is 23.0 Å². The topological polar surface area (TPSA) is 12.0 Å². The fourth-order valence-corrected chi connectivity index (χ4v) is 2.71. The SMILES string of the molecule is CCc1cc(C)ccc1Nc1c(C)cc(C)cc1Cl. The molecule has 0 aliphatic carbocycles. The quantitative estimate of drug-likeness (QED) is 0.771. The van der Waals surface area contributed by atoms with Crippen molar-refractivity contribution in [1.82, 2.24) is 0 Å². The van der Waals surface area contributed by atoms with Gasteiger partial charge in [0.25, 0.3) is 0 Å². The van der Waals surface area contributed by atoms with Crippen LogP contribution in [0, 0.1) is 20.8 Å². The minimum absolute atomic E-state index is 0.778. The molecule has 2 rings (SSSR count). The smallest absolute Gasteiger partial charge is 0.0646 e. The number of nitrogens with one attached hydrogen (secondary N) is 1.